The van der Waals surface area contributed by atoms with Crippen molar-refractivity contribution in [2.75, 3.05) is 0 Å². The van der Waals surface area contributed by atoms with Gasteiger partial charge in [0.1, 0.15) is 6.79 Å². The molecule has 4 aromatic rings. The van der Waals surface area contributed by atoms with E-state index >= 15 is 0 Å². The summed E-state index contributed by atoms with van der Waals surface area (Å²) in [5.41, 5.74) is 4.45. The second-order valence-corrected chi connectivity index (χ2v) is 4.78. The van der Waals surface area contributed by atoms with E-state index in [-0.39, 0.29) is 0 Å². The molecular formula is C21H18N2O. The lowest BCUT2D eigenvalue weighted by Gasteiger charge is -1.98. The minimum absolute atomic E-state index is 0.949. The highest BCUT2D eigenvalue weighted by Gasteiger charge is 1.91. The Kier molecular flexibility index (Phi) is 6.84. The van der Waals surface area contributed by atoms with E-state index in [2.05, 4.69) is 58.5 Å². The first kappa shape index (κ1) is 17.0. The molecule has 2 aromatic carbocycles. The fourth-order valence-corrected chi connectivity index (χ4v) is 2.17. The molecule has 2 aromatic heterocycles. The number of nitrogens with zero attached hydrogens (tertiary/aromatic N) is 2. The minimum atomic E-state index is 0.949. The van der Waals surface area contributed by atoms with Gasteiger partial charge in [0, 0.05) is 12.4 Å². The maximum Gasteiger partial charge on any atom is 0.106 e. The molecule has 0 saturated heterocycles. The molecule has 0 spiro atoms. The Balaban J connectivity index is 0.000000160. The van der Waals surface area contributed by atoms with Crippen molar-refractivity contribution in [2.24, 2.45) is 0 Å². The summed E-state index contributed by atoms with van der Waals surface area (Å²) in [5.74, 6) is 0. The molecule has 0 amide bonds. The molecule has 0 N–H and O–H groups in total. The summed E-state index contributed by atoms with van der Waals surface area (Å²) in [5, 5.41) is 0. The van der Waals surface area contributed by atoms with Crippen LogP contribution in [0.15, 0.2) is 97.3 Å². The quantitative estimate of drug-likeness (QED) is 0.507. The van der Waals surface area contributed by atoms with E-state index in [1.807, 2.05) is 43.2 Å². The normalized spacial score (nSPS) is 9.17. The van der Waals surface area contributed by atoms with E-state index in [0.717, 1.165) is 11.0 Å². The smallest absolute Gasteiger partial charge is 0.106 e. The lowest BCUT2D eigenvalue weighted by molar-refractivity contribution is -0.0979. The fraction of sp³-hybridized carbons (Fsp3) is 0. The van der Waals surface area contributed by atoms with E-state index in [1.165, 1.54) is 11.1 Å². The monoisotopic (exact) mass is 314 g/mol. The number of hydrogen-bond acceptors (Lipinski definition) is 3. The second kappa shape index (κ2) is 9.64. The van der Waals surface area contributed by atoms with Gasteiger partial charge < -0.3 is 4.79 Å². The van der Waals surface area contributed by atoms with E-state index in [1.54, 1.807) is 12.4 Å². The molecule has 0 bridgehead atoms. The van der Waals surface area contributed by atoms with E-state index in [4.69, 9.17) is 4.79 Å². The standard InChI is InChI=1S/C12H10.C8H6N2.CH2O/c1-3-7-11(8-4-1)12-9-5-2-6-10-12;1-3-7-8(9-5-1)4-2-6-10-7;1-2/h1-10H;1-6H;1H2. The molecule has 0 unspecified atom stereocenters. The van der Waals surface area contributed by atoms with E-state index < -0.39 is 0 Å². The average molecular weight is 314 g/mol. The molecule has 0 aliphatic carbocycles. The molecule has 2 heterocycles. The van der Waals surface area contributed by atoms with Crippen molar-refractivity contribution in [3.8, 4) is 11.1 Å². The van der Waals surface area contributed by atoms with Gasteiger partial charge in [0.2, 0.25) is 0 Å². The number of aromatic nitrogens is 2. The van der Waals surface area contributed by atoms with Crippen molar-refractivity contribution in [1.29, 1.82) is 0 Å². The molecule has 0 fully saturated rings. The maximum atomic E-state index is 8.00. The Bertz CT molecular complexity index is 746. The predicted molar refractivity (Wildman–Crippen MR) is 98.5 cm³/mol. The van der Waals surface area contributed by atoms with Crippen LogP contribution in [0.2, 0.25) is 0 Å². The number of benzene rings is 2. The summed E-state index contributed by atoms with van der Waals surface area (Å²) in [6.45, 7) is 2.00. The van der Waals surface area contributed by atoms with Crippen LogP contribution in [0.25, 0.3) is 22.2 Å². The Morgan fingerprint density at radius 2 is 0.875 bits per heavy atom. The molecule has 0 aliphatic rings. The van der Waals surface area contributed by atoms with Gasteiger partial charge in [-0.05, 0) is 35.4 Å². The van der Waals surface area contributed by atoms with Crippen molar-refractivity contribution in [3.05, 3.63) is 97.3 Å². The number of fused-ring (bicyclic) bond motifs is 1. The highest BCUT2D eigenvalue weighted by atomic mass is 16.1. The molecule has 0 radical (unpaired) electrons. The van der Waals surface area contributed by atoms with Gasteiger partial charge in [0.25, 0.3) is 0 Å². The van der Waals surface area contributed by atoms with Crippen LogP contribution in [-0.4, -0.2) is 16.8 Å². The first-order valence-corrected chi connectivity index (χ1v) is 7.48. The first-order chi connectivity index (χ1) is 11.9. The number of carbonyl (C=O) groups is 1. The molecule has 24 heavy (non-hydrogen) atoms. The van der Waals surface area contributed by atoms with Gasteiger partial charge in [-0.25, -0.2) is 0 Å². The lowest BCUT2D eigenvalue weighted by Crippen LogP contribution is -1.78. The van der Waals surface area contributed by atoms with Gasteiger partial charge in [-0.3, -0.25) is 9.97 Å². The summed E-state index contributed by atoms with van der Waals surface area (Å²) in [6, 6.07) is 28.4. The highest BCUT2D eigenvalue weighted by molar-refractivity contribution is 5.72. The maximum absolute atomic E-state index is 8.00. The Morgan fingerprint density at radius 3 is 1.25 bits per heavy atom. The van der Waals surface area contributed by atoms with Gasteiger partial charge >= 0.3 is 0 Å². The van der Waals surface area contributed by atoms with Crippen molar-refractivity contribution in [1.82, 2.24) is 9.97 Å². The van der Waals surface area contributed by atoms with E-state index in [9.17, 15) is 0 Å². The summed E-state index contributed by atoms with van der Waals surface area (Å²) in [4.78, 5) is 16.2. The number of rotatable bonds is 1. The third-order valence-electron chi connectivity index (χ3n) is 3.25. The van der Waals surface area contributed by atoms with Crippen LogP contribution in [-0.2, 0) is 4.79 Å². The van der Waals surface area contributed by atoms with Crippen LogP contribution >= 0.6 is 0 Å². The molecule has 118 valence electrons. The third kappa shape index (κ3) is 4.85. The molecule has 3 nitrogen and oxygen atoms in total. The zero-order valence-corrected chi connectivity index (χ0v) is 13.2. The van der Waals surface area contributed by atoms with Crippen LogP contribution < -0.4 is 0 Å². The molecule has 3 heteroatoms. The zero-order valence-electron chi connectivity index (χ0n) is 13.2. The van der Waals surface area contributed by atoms with Crippen LogP contribution in [0.1, 0.15) is 0 Å². The van der Waals surface area contributed by atoms with E-state index in [0.29, 0.717) is 0 Å². The largest absolute Gasteiger partial charge is 0.307 e. The Labute approximate surface area is 141 Å². The topological polar surface area (TPSA) is 42.9 Å². The predicted octanol–water partition coefficient (Wildman–Crippen LogP) is 4.80. The summed E-state index contributed by atoms with van der Waals surface area (Å²) < 4.78 is 0. The number of carbonyl (C=O) groups excluding carboxylic acids is 1. The second-order valence-electron chi connectivity index (χ2n) is 4.78. The van der Waals surface area contributed by atoms with Gasteiger partial charge in [-0.15, -0.1) is 0 Å². The van der Waals surface area contributed by atoms with Gasteiger partial charge in [0.05, 0.1) is 11.0 Å². The minimum Gasteiger partial charge on any atom is -0.307 e. The Hall–Kier alpha value is -3.33. The molecule has 0 atom stereocenters. The summed E-state index contributed by atoms with van der Waals surface area (Å²) >= 11 is 0. The average Bonchev–Trinajstić information content (AvgIpc) is 2.71. The van der Waals surface area contributed by atoms with Crippen molar-refractivity contribution in [3.63, 3.8) is 0 Å². The molecule has 0 aliphatic heterocycles. The zero-order chi connectivity index (χ0) is 17.0. The van der Waals surface area contributed by atoms with Crippen molar-refractivity contribution >= 4 is 17.8 Å². The van der Waals surface area contributed by atoms with Crippen LogP contribution in [0.4, 0.5) is 0 Å². The van der Waals surface area contributed by atoms with Crippen LogP contribution in [0.3, 0.4) is 0 Å². The Morgan fingerprint density at radius 1 is 0.500 bits per heavy atom. The lowest BCUT2D eigenvalue weighted by atomic mass is 10.1. The van der Waals surface area contributed by atoms with Gasteiger partial charge in [-0.2, -0.15) is 0 Å². The first-order valence-electron chi connectivity index (χ1n) is 7.48. The molecule has 4 rings (SSSR count). The van der Waals surface area contributed by atoms with Crippen LogP contribution in [0, 0.1) is 0 Å². The van der Waals surface area contributed by atoms with Gasteiger partial charge in [-0.1, -0.05) is 60.7 Å². The number of hydrogen-bond donors (Lipinski definition) is 0. The summed E-state index contributed by atoms with van der Waals surface area (Å²) in [7, 11) is 0. The fourth-order valence-electron chi connectivity index (χ4n) is 2.17. The number of pyridine rings is 2. The highest BCUT2D eigenvalue weighted by Crippen LogP contribution is 2.17. The third-order valence-corrected chi connectivity index (χ3v) is 3.25. The van der Waals surface area contributed by atoms with Crippen LogP contribution in [0.5, 0.6) is 0 Å². The van der Waals surface area contributed by atoms with Crippen molar-refractivity contribution < 1.29 is 4.79 Å². The SMILES string of the molecule is C=O.c1ccc(-c2ccccc2)cc1.c1cnc2cccnc2c1. The van der Waals surface area contributed by atoms with Gasteiger partial charge in [0.15, 0.2) is 0 Å². The molecular weight excluding hydrogens is 296 g/mol. The van der Waals surface area contributed by atoms with Crippen molar-refractivity contribution in [2.45, 2.75) is 0 Å². The molecule has 0 saturated carbocycles. The summed E-state index contributed by atoms with van der Waals surface area (Å²) in [6.07, 6.45) is 3.54.